The van der Waals surface area contributed by atoms with E-state index >= 15 is 0 Å². The Hall–Kier alpha value is -4.45. The van der Waals surface area contributed by atoms with Crippen LogP contribution >= 0.6 is 0 Å². The molecule has 2 aliphatic rings. The number of carbonyl (C=O) groups excluding carboxylic acids is 1. The Morgan fingerprint density at radius 3 is 2.56 bits per heavy atom. The van der Waals surface area contributed by atoms with Gasteiger partial charge in [0.15, 0.2) is 11.5 Å². The minimum absolute atomic E-state index is 0.0877. The van der Waals surface area contributed by atoms with E-state index in [1.165, 1.54) is 6.33 Å². The minimum atomic E-state index is -0.486. The summed E-state index contributed by atoms with van der Waals surface area (Å²) >= 11 is 0. The number of ether oxygens (including phenoxy) is 3. The molecule has 2 aliphatic heterocycles. The van der Waals surface area contributed by atoms with Crippen molar-refractivity contribution in [1.82, 2.24) is 14.9 Å². The van der Waals surface area contributed by atoms with Gasteiger partial charge in [-0.15, -0.1) is 0 Å². The van der Waals surface area contributed by atoms with Crippen molar-refractivity contribution in [1.29, 1.82) is 0 Å². The normalized spacial score (nSPS) is 14.7. The second kappa shape index (κ2) is 11.9. The first kappa shape index (κ1) is 26.2. The van der Waals surface area contributed by atoms with E-state index < -0.39 is 10.9 Å². The number of hydrogen-bond acceptors (Lipinski definition) is 11. The Balaban J connectivity index is 1.34. The first-order chi connectivity index (χ1) is 19.0. The number of esters is 1. The number of fused-ring (bicyclic) bond motifs is 1. The fraction of sp³-hybridized carbons (Fsp3) is 0.370. The summed E-state index contributed by atoms with van der Waals surface area (Å²) in [7, 11) is 0. The van der Waals surface area contributed by atoms with E-state index in [0.29, 0.717) is 26.2 Å². The van der Waals surface area contributed by atoms with Gasteiger partial charge in [0.1, 0.15) is 12.9 Å². The van der Waals surface area contributed by atoms with Crippen molar-refractivity contribution in [2.24, 2.45) is 0 Å². The molecule has 0 N–H and O–H groups in total. The fourth-order valence-electron chi connectivity index (χ4n) is 4.77. The third kappa shape index (κ3) is 6.17. The van der Waals surface area contributed by atoms with Crippen LogP contribution in [0.2, 0.25) is 0 Å². The Morgan fingerprint density at radius 1 is 1.05 bits per heavy atom. The number of carbonyl (C=O) groups is 1. The molecule has 0 spiro atoms. The molecule has 39 heavy (non-hydrogen) atoms. The summed E-state index contributed by atoms with van der Waals surface area (Å²) in [6.07, 6.45) is 1.32. The third-order valence-corrected chi connectivity index (χ3v) is 6.62. The van der Waals surface area contributed by atoms with E-state index in [9.17, 15) is 14.9 Å². The number of nitro groups is 1. The zero-order chi connectivity index (χ0) is 27.2. The molecule has 1 aromatic heterocycles. The summed E-state index contributed by atoms with van der Waals surface area (Å²) in [5.74, 6) is 1.34. The monoisotopic (exact) mass is 534 g/mol. The molecule has 0 atom stereocenters. The SMILES string of the molecule is CCOC(=O)CN(Cc1ccccc1)c1ncnc(N2CCN(Cc3ccc4c(c3)OCO4)CC2)c1[N+](=O)[O-]. The number of nitrogens with zero attached hydrogens (tertiary/aromatic N) is 6. The van der Waals surface area contributed by atoms with Gasteiger partial charge >= 0.3 is 11.7 Å². The van der Waals surface area contributed by atoms with Gasteiger partial charge in [-0.05, 0) is 30.2 Å². The van der Waals surface area contributed by atoms with E-state index in [1.54, 1.807) is 11.8 Å². The summed E-state index contributed by atoms with van der Waals surface area (Å²) in [5.41, 5.74) is 1.77. The Bertz CT molecular complexity index is 1320. The molecular formula is C27H30N6O6. The topological polar surface area (TPSA) is 123 Å². The van der Waals surface area contributed by atoms with Crippen LogP contribution in [-0.4, -0.2) is 71.9 Å². The molecule has 12 heteroatoms. The number of anilines is 2. The molecule has 1 saturated heterocycles. The quantitative estimate of drug-likeness (QED) is 0.217. The van der Waals surface area contributed by atoms with Crippen LogP contribution in [0.15, 0.2) is 54.9 Å². The highest BCUT2D eigenvalue weighted by Crippen LogP contribution is 2.36. The number of rotatable bonds is 10. The summed E-state index contributed by atoms with van der Waals surface area (Å²) in [6, 6.07) is 15.3. The summed E-state index contributed by atoms with van der Waals surface area (Å²) in [6.45, 7) is 5.47. The average molecular weight is 535 g/mol. The second-order valence-electron chi connectivity index (χ2n) is 9.22. The number of benzene rings is 2. The highest BCUT2D eigenvalue weighted by Gasteiger charge is 2.32. The zero-order valence-electron chi connectivity index (χ0n) is 21.7. The third-order valence-electron chi connectivity index (χ3n) is 6.62. The van der Waals surface area contributed by atoms with Gasteiger partial charge in [0.2, 0.25) is 18.4 Å². The van der Waals surface area contributed by atoms with E-state index in [1.807, 2.05) is 53.4 Å². The predicted octanol–water partition coefficient (Wildman–Crippen LogP) is 3.01. The molecule has 0 radical (unpaired) electrons. The molecular weight excluding hydrogens is 504 g/mol. The van der Waals surface area contributed by atoms with Crippen LogP contribution in [-0.2, 0) is 22.6 Å². The Morgan fingerprint density at radius 2 is 1.82 bits per heavy atom. The molecule has 2 aromatic carbocycles. The van der Waals surface area contributed by atoms with Crippen LogP contribution in [0.1, 0.15) is 18.1 Å². The first-order valence-electron chi connectivity index (χ1n) is 12.8. The molecule has 1 fully saturated rings. The molecule has 0 unspecified atom stereocenters. The lowest BCUT2D eigenvalue weighted by Gasteiger charge is -2.35. The number of piperazine rings is 1. The van der Waals surface area contributed by atoms with Crippen molar-refractivity contribution in [3.8, 4) is 11.5 Å². The van der Waals surface area contributed by atoms with Crippen LogP contribution in [0, 0.1) is 10.1 Å². The van der Waals surface area contributed by atoms with E-state index in [-0.39, 0.29) is 43.8 Å². The van der Waals surface area contributed by atoms with Gasteiger partial charge in [0, 0.05) is 39.3 Å². The highest BCUT2D eigenvalue weighted by molar-refractivity contribution is 5.79. The molecule has 0 bridgehead atoms. The molecule has 204 valence electrons. The molecule has 3 aromatic rings. The van der Waals surface area contributed by atoms with Crippen LogP contribution in [0.25, 0.3) is 0 Å². The van der Waals surface area contributed by atoms with E-state index in [0.717, 1.165) is 29.2 Å². The smallest absolute Gasteiger partial charge is 0.353 e. The predicted molar refractivity (Wildman–Crippen MR) is 143 cm³/mol. The van der Waals surface area contributed by atoms with Gasteiger partial charge in [0.05, 0.1) is 11.5 Å². The fourth-order valence-corrected chi connectivity index (χ4v) is 4.77. The Kier molecular flexibility index (Phi) is 8.02. The molecule has 0 amide bonds. The summed E-state index contributed by atoms with van der Waals surface area (Å²) < 4.78 is 16.0. The molecule has 0 saturated carbocycles. The van der Waals surface area contributed by atoms with Gasteiger partial charge in [-0.25, -0.2) is 9.97 Å². The molecule has 3 heterocycles. The molecule has 0 aliphatic carbocycles. The van der Waals surface area contributed by atoms with Gasteiger partial charge < -0.3 is 24.0 Å². The highest BCUT2D eigenvalue weighted by atomic mass is 16.7. The van der Waals surface area contributed by atoms with Crippen molar-refractivity contribution in [3.05, 3.63) is 76.1 Å². The second-order valence-corrected chi connectivity index (χ2v) is 9.22. The maximum absolute atomic E-state index is 12.4. The van der Waals surface area contributed by atoms with Crippen molar-refractivity contribution >= 4 is 23.3 Å². The van der Waals surface area contributed by atoms with Crippen LogP contribution in [0.3, 0.4) is 0 Å². The van der Waals surface area contributed by atoms with Gasteiger partial charge in [-0.2, -0.15) is 0 Å². The van der Waals surface area contributed by atoms with Gasteiger partial charge in [-0.1, -0.05) is 36.4 Å². The van der Waals surface area contributed by atoms with Crippen molar-refractivity contribution in [2.75, 3.05) is 55.9 Å². The minimum Gasteiger partial charge on any atom is -0.465 e. The Labute approximate surface area is 225 Å². The lowest BCUT2D eigenvalue weighted by atomic mass is 10.1. The lowest BCUT2D eigenvalue weighted by molar-refractivity contribution is -0.383. The average Bonchev–Trinajstić information content (AvgIpc) is 3.41. The molecule has 12 nitrogen and oxygen atoms in total. The lowest BCUT2D eigenvalue weighted by Crippen LogP contribution is -2.46. The number of aromatic nitrogens is 2. The van der Waals surface area contributed by atoms with Gasteiger partial charge in [0.25, 0.3) is 0 Å². The van der Waals surface area contributed by atoms with E-state index in [2.05, 4.69) is 14.9 Å². The van der Waals surface area contributed by atoms with E-state index in [4.69, 9.17) is 14.2 Å². The summed E-state index contributed by atoms with van der Waals surface area (Å²) in [5, 5.41) is 12.4. The largest absolute Gasteiger partial charge is 0.465 e. The molecule has 5 rings (SSSR count). The van der Waals surface area contributed by atoms with Crippen molar-refractivity contribution < 1.29 is 23.9 Å². The maximum Gasteiger partial charge on any atom is 0.353 e. The van der Waals surface area contributed by atoms with Crippen molar-refractivity contribution in [3.63, 3.8) is 0 Å². The maximum atomic E-state index is 12.4. The standard InChI is InChI=1S/C27H30N6O6/c1-2-37-24(34)17-32(16-20-6-4-3-5-7-20)27-25(33(35)36)26(28-18-29-27)31-12-10-30(11-13-31)15-21-8-9-22-23(14-21)39-19-38-22/h3-9,14,18H,2,10-13,15-17,19H2,1H3. The first-order valence-corrected chi connectivity index (χ1v) is 12.8. The number of hydrogen-bond donors (Lipinski definition) is 0. The van der Waals surface area contributed by atoms with Gasteiger partial charge in [-0.3, -0.25) is 19.8 Å². The van der Waals surface area contributed by atoms with Crippen LogP contribution in [0.5, 0.6) is 11.5 Å². The summed E-state index contributed by atoms with van der Waals surface area (Å²) in [4.78, 5) is 38.7. The van der Waals surface area contributed by atoms with Crippen LogP contribution in [0.4, 0.5) is 17.3 Å². The van der Waals surface area contributed by atoms with Crippen molar-refractivity contribution in [2.45, 2.75) is 20.0 Å². The van der Waals surface area contributed by atoms with Crippen LogP contribution < -0.4 is 19.3 Å². The zero-order valence-corrected chi connectivity index (χ0v) is 21.7.